The van der Waals surface area contributed by atoms with E-state index in [0.717, 1.165) is 31.7 Å². The zero-order valence-corrected chi connectivity index (χ0v) is 11.9. The highest BCUT2D eigenvalue weighted by atomic mass is 16.3. The number of nitrogens with two attached hydrogens (primary N) is 1. The van der Waals surface area contributed by atoms with Crippen LogP contribution in [0, 0.1) is 0 Å². The maximum atomic E-state index is 9.68. The number of hydrogen-bond acceptors (Lipinski definition) is 4. The summed E-state index contributed by atoms with van der Waals surface area (Å²) in [5.74, 6) is 0. The molecule has 1 atom stereocenters. The van der Waals surface area contributed by atoms with E-state index >= 15 is 0 Å². The lowest BCUT2D eigenvalue weighted by Crippen LogP contribution is -2.48. The number of piperazine rings is 1. The fourth-order valence-electron chi connectivity index (χ4n) is 2.54. The van der Waals surface area contributed by atoms with Crippen molar-refractivity contribution in [3.05, 3.63) is 29.8 Å². The van der Waals surface area contributed by atoms with Crippen molar-refractivity contribution < 1.29 is 5.11 Å². The monoisotopic (exact) mass is 263 g/mol. The topological polar surface area (TPSA) is 52.7 Å². The highest BCUT2D eigenvalue weighted by Crippen LogP contribution is 2.20. The summed E-state index contributed by atoms with van der Waals surface area (Å²) >= 11 is 0. The first kappa shape index (κ1) is 14.3. The van der Waals surface area contributed by atoms with Gasteiger partial charge in [0.2, 0.25) is 0 Å². The molecule has 0 aliphatic carbocycles. The summed E-state index contributed by atoms with van der Waals surface area (Å²) in [6.45, 7) is 9.13. The van der Waals surface area contributed by atoms with Crippen LogP contribution in [0.3, 0.4) is 0 Å². The average Bonchev–Trinajstić information content (AvgIpc) is 2.46. The Hall–Kier alpha value is -1.10. The molecule has 1 heterocycles. The predicted molar refractivity (Wildman–Crippen MR) is 79.4 cm³/mol. The SMILES string of the molecule is CC(C)N1CCN(c2ccc(C(O)CN)cc2)CC1. The van der Waals surface area contributed by atoms with Crippen molar-refractivity contribution in [2.45, 2.75) is 26.0 Å². The largest absolute Gasteiger partial charge is 0.387 e. The van der Waals surface area contributed by atoms with Crippen molar-refractivity contribution in [1.82, 2.24) is 4.90 Å². The Bertz CT molecular complexity index is 383. The van der Waals surface area contributed by atoms with Crippen molar-refractivity contribution in [1.29, 1.82) is 0 Å². The molecule has 1 aliphatic rings. The van der Waals surface area contributed by atoms with E-state index < -0.39 is 6.10 Å². The third kappa shape index (κ3) is 3.47. The number of anilines is 1. The molecular formula is C15H25N3O. The predicted octanol–water partition coefficient (Wildman–Crippen LogP) is 1.21. The quantitative estimate of drug-likeness (QED) is 0.857. The van der Waals surface area contributed by atoms with Gasteiger partial charge in [-0.05, 0) is 31.5 Å². The first-order valence-electron chi connectivity index (χ1n) is 7.09. The van der Waals surface area contributed by atoms with Gasteiger partial charge in [0.05, 0.1) is 6.10 Å². The van der Waals surface area contributed by atoms with E-state index in [0.29, 0.717) is 6.04 Å². The van der Waals surface area contributed by atoms with E-state index in [2.05, 4.69) is 35.8 Å². The summed E-state index contributed by atoms with van der Waals surface area (Å²) in [7, 11) is 0. The molecule has 1 aliphatic heterocycles. The molecule has 3 N–H and O–H groups in total. The lowest BCUT2D eigenvalue weighted by molar-refractivity contribution is 0.186. The number of nitrogens with zero attached hydrogens (tertiary/aromatic N) is 2. The molecule has 0 bridgehead atoms. The Kier molecular flexibility index (Phi) is 4.80. The molecule has 106 valence electrons. The smallest absolute Gasteiger partial charge is 0.0912 e. The number of aliphatic hydroxyl groups is 1. The van der Waals surface area contributed by atoms with Crippen molar-refractivity contribution in [2.75, 3.05) is 37.6 Å². The van der Waals surface area contributed by atoms with Crippen LogP contribution in [0.4, 0.5) is 5.69 Å². The van der Waals surface area contributed by atoms with Gasteiger partial charge in [-0.25, -0.2) is 0 Å². The van der Waals surface area contributed by atoms with Gasteiger partial charge in [0.1, 0.15) is 0 Å². The molecule has 19 heavy (non-hydrogen) atoms. The molecular weight excluding hydrogens is 238 g/mol. The molecule has 1 unspecified atom stereocenters. The number of hydrogen-bond donors (Lipinski definition) is 2. The van der Waals surface area contributed by atoms with Gasteiger partial charge < -0.3 is 15.7 Å². The van der Waals surface area contributed by atoms with E-state index in [1.54, 1.807) is 0 Å². The minimum Gasteiger partial charge on any atom is -0.387 e. The third-order valence-electron chi connectivity index (χ3n) is 3.91. The molecule has 2 rings (SSSR count). The van der Waals surface area contributed by atoms with E-state index in [4.69, 9.17) is 5.73 Å². The number of benzene rings is 1. The van der Waals surface area contributed by atoms with Crippen LogP contribution in [-0.4, -0.2) is 48.8 Å². The van der Waals surface area contributed by atoms with E-state index in [1.165, 1.54) is 5.69 Å². The maximum Gasteiger partial charge on any atom is 0.0912 e. The Balaban J connectivity index is 1.96. The molecule has 1 aromatic rings. The fourth-order valence-corrected chi connectivity index (χ4v) is 2.54. The molecule has 0 saturated carbocycles. The Morgan fingerprint density at radius 1 is 1.11 bits per heavy atom. The molecule has 1 fully saturated rings. The van der Waals surface area contributed by atoms with Gasteiger partial charge >= 0.3 is 0 Å². The zero-order chi connectivity index (χ0) is 13.8. The first-order chi connectivity index (χ1) is 9.11. The average molecular weight is 263 g/mol. The van der Waals surface area contributed by atoms with Crippen LogP contribution < -0.4 is 10.6 Å². The maximum absolute atomic E-state index is 9.68. The van der Waals surface area contributed by atoms with Crippen molar-refractivity contribution >= 4 is 5.69 Å². The van der Waals surface area contributed by atoms with E-state index in [9.17, 15) is 5.11 Å². The van der Waals surface area contributed by atoms with Crippen LogP contribution in [-0.2, 0) is 0 Å². The summed E-state index contributed by atoms with van der Waals surface area (Å²) in [4.78, 5) is 4.90. The highest BCUT2D eigenvalue weighted by Gasteiger charge is 2.19. The van der Waals surface area contributed by atoms with Gasteiger partial charge in [-0.1, -0.05) is 12.1 Å². The molecule has 0 aromatic heterocycles. The lowest BCUT2D eigenvalue weighted by Gasteiger charge is -2.38. The Morgan fingerprint density at radius 2 is 1.68 bits per heavy atom. The second-order valence-corrected chi connectivity index (χ2v) is 5.46. The van der Waals surface area contributed by atoms with Crippen LogP contribution in [0.15, 0.2) is 24.3 Å². The van der Waals surface area contributed by atoms with Gasteiger partial charge in [-0.15, -0.1) is 0 Å². The van der Waals surface area contributed by atoms with Gasteiger partial charge in [-0.2, -0.15) is 0 Å². The minimum atomic E-state index is -0.549. The fraction of sp³-hybridized carbons (Fsp3) is 0.600. The molecule has 4 heteroatoms. The molecule has 1 aromatic carbocycles. The van der Waals surface area contributed by atoms with Gasteiger partial charge in [-0.3, -0.25) is 4.90 Å². The van der Waals surface area contributed by atoms with Crippen molar-refractivity contribution in [3.8, 4) is 0 Å². The Labute approximate surface area is 115 Å². The standard InChI is InChI=1S/C15H25N3O/c1-12(2)17-7-9-18(10-8-17)14-5-3-13(4-6-14)15(19)11-16/h3-6,12,15,19H,7-11,16H2,1-2H3. The summed E-state index contributed by atoms with van der Waals surface area (Å²) in [5, 5.41) is 9.68. The van der Waals surface area contributed by atoms with Gasteiger partial charge in [0.15, 0.2) is 0 Å². The van der Waals surface area contributed by atoms with Crippen LogP contribution in [0.2, 0.25) is 0 Å². The zero-order valence-electron chi connectivity index (χ0n) is 11.9. The number of aliphatic hydroxyl groups excluding tert-OH is 1. The summed E-state index contributed by atoms with van der Waals surface area (Å²) < 4.78 is 0. The second kappa shape index (κ2) is 6.37. The van der Waals surface area contributed by atoms with Crippen LogP contribution >= 0.6 is 0 Å². The summed E-state index contributed by atoms with van der Waals surface area (Å²) in [6.07, 6.45) is -0.549. The first-order valence-corrected chi connectivity index (χ1v) is 7.09. The number of rotatable bonds is 4. The lowest BCUT2D eigenvalue weighted by atomic mass is 10.1. The van der Waals surface area contributed by atoms with E-state index in [1.807, 2.05) is 12.1 Å². The second-order valence-electron chi connectivity index (χ2n) is 5.46. The van der Waals surface area contributed by atoms with Crippen molar-refractivity contribution in [2.24, 2.45) is 5.73 Å². The van der Waals surface area contributed by atoms with Gasteiger partial charge in [0, 0.05) is 44.5 Å². The third-order valence-corrected chi connectivity index (χ3v) is 3.91. The van der Waals surface area contributed by atoms with E-state index in [-0.39, 0.29) is 6.54 Å². The molecule has 4 nitrogen and oxygen atoms in total. The minimum absolute atomic E-state index is 0.270. The summed E-state index contributed by atoms with van der Waals surface area (Å²) in [5.41, 5.74) is 7.59. The van der Waals surface area contributed by atoms with Crippen molar-refractivity contribution in [3.63, 3.8) is 0 Å². The molecule has 0 amide bonds. The van der Waals surface area contributed by atoms with Crippen LogP contribution in [0.1, 0.15) is 25.5 Å². The Morgan fingerprint density at radius 3 is 2.16 bits per heavy atom. The summed E-state index contributed by atoms with van der Waals surface area (Å²) in [6, 6.07) is 8.74. The van der Waals surface area contributed by atoms with Crippen LogP contribution in [0.25, 0.3) is 0 Å². The molecule has 0 radical (unpaired) electrons. The van der Waals surface area contributed by atoms with Crippen LogP contribution in [0.5, 0.6) is 0 Å². The van der Waals surface area contributed by atoms with Gasteiger partial charge in [0.25, 0.3) is 0 Å². The normalized spacial score (nSPS) is 18.9. The highest BCUT2D eigenvalue weighted by molar-refractivity contribution is 5.48. The molecule has 0 spiro atoms. The molecule has 1 saturated heterocycles.